The number of carbonyl (C=O) groups is 1. The van der Waals surface area contributed by atoms with Gasteiger partial charge in [0.25, 0.3) is 0 Å². The maximum Gasteiger partial charge on any atom is 0.152 e. The molecule has 2 nitrogen and oxygen atoms in total. The second kappa shape index (κ2) is 2.98. The van der Waals surface area contributed by atoms with Crippen LogP contribution >= 0.6 is 0 Å². The lowest BCUT2D eigenvalue weighted by atomic mass is 10.0. The quantitative estimate of drug-likeness (QED) is 0.616. The van der Waals surface area contributed by atoms with Gasteiger partial charge in [0.05, 0.1) is 0 Å². The highest BCUT2D eigenvalue weighted by molar-refractivity contribution is 5.99. The van der Waals surface area contributed by atoms with Crippen LogP contribution in [0, 0.1) is 6.92 Å². The van der Waals surface area contributed by atoms with Gasteiger partial charge < -0.3 is 0 Å². The minimum absolute atomic E-state index is 0.663. The summed E-state index contributed by atoms with van der Waals surface area (Å²) >= 11 is 0. The Bertz CT molecular complexity index is 457. The average Bonchev–Trinajstić information content (AvgIpc) is 2.17. The van der Waals surface area contributed by atoms with Crippen LogP contribution in [0.2, 0.25) is 0 Å². The fraction of sp³-hybridized carbons (Fsp3) is 0.0909. The van der Waals surface area contributed by atoms with Crippen molar-refractivity contribution in [2.75, 3.05) is 0 Å². The molecule has 0 unspecified atom stereocenters. The first kappa shape index (κ1) is 7.92. The van der Waals surface area contributed by atoms with Gasteiger partial charge in [-0.05, 0) is 17.9 Å². The number of pyridine rings is 1. The van der Waals surface area contributed by atoms with E-state index in [4.69, 9.17) is 0 Å². The Labute approximate surface area is 76.2 Å². The Morgan fingerprint density at radius 2 is 2.15 bits per heavy atom. The molecule has 0 saturated carbocycles. The molecule has 0 radical (unpaired) electrons. The molecule has 1 heterocycles. The van der Waals surface area contributed by atoms with Crippen molar-refractivity contribution in [3.63, 3.8) is 0 Å². The fourth-order valence-electron chi connectivity index (χ4n) is 1.54. The molecule has 0 fully saturated rings. The minimum Gasteiger partial charge on any atom is -0.298 e. The topological polar surface area (TPSA) is 30.0 Å². The van der Waals surface area contributed by atoms with E-state index in [1.165, 1.54) is 0 Å². The highest BCUT2D eigenvalue weighted by Gasteiger charge is 2.01. The van der Waals surface area contributed by atoms with Gasteiger partial charge in [0.15, 0.2) is 6.29 Å². The van der Waals surface area contributed by atoms with Crippen LogP contribution in [0.25, 0.3) is 10.8 Å². The largest absolute Gasteiger partial charge is 0.298 e. The summed E-state index contributed by atoms with van der Waals surface area (Å²) in [5, 5.41) is 2.03. The predicted octanol–water partition coefficient (Wildman–Crippen LogP) is 2.36. The number of aromatic nitrogens is 1. The maximum atomic E-state index is 10.7. The summed E-state index contributed by atoms with van der Waals surface area (Å²) in [6.45, 7) is 2.00. The molecule has 2 rings (SSSR count). The van der Waals surface area contributed by atoms with Gasteiger partial charge in [0.2, 0.25) is 0 Å². The summed E-state index contributed by atoms with van der Waals surface area (Å²) < 4.78 is 0. The summed E-state index contributed by atoms with van der Waals surface area (Å²) in [6.07, 6.45) is 4.22. The van der Waals surface area contributed by atoms with Crippen LogP contribution in [-0.4, -0.2) is 11.3 Å². The zero-order valence-corrected chi connectivity index (χ0v) is 7.32. The first-order valence-corrected chi connectivity index (χ1v) is 4.11. The van der Waals surface area contributed by atoms with Crippen molar-refractivity contribution in [1.82, 2.24) is 4.98 Å². The lowest BCUT2D eigenvalue weighted by molar-refractivity contribution is 0.112. The highest BCUT2D eigenvalue weighted by Crippen LogP contribution is 2.19. The molecule has 1 aromatic carbocycles. The third-order valence-electron chi connectivity index (χ3n) is 2.15. The minimum atomic E-state index is 0.663. The summed E-state index contributed by atoms with van der Waals surface area (Å²) in [5.41, 5.74) is 1.78. The third-order valence-corrected chi connectivity index (χ3v) is 2.15. The predicted molar refractivity (Wildman–Crippen MR) is 51.9 cm³/mol. The van der Waals surface area contributed by atoms with Crippen molar-refractivity contribution < 1.29 is 4.79 Å². The van der Waals surface area contributed by atoms with Crippen LogP contribution < -0.4 is 0 Å². The van der Waals surface area contributed by atoms with Crippen LogP contribution in [0.4, 0.5) is 0 Å². The van der Waals surface area contributed by atoms with Gasteiger partial charge in [-0.2, -0.15) is 0 Å². The molecule has 0 amide bonds. The van der Waals surface area contributed by atoms with E-state index in [2.05, 4.69) is 4.98 Å². The first-order valence-electron chi connectivity index (χ1n) is 4.11. The number of fused-ring (bicyclic) bond motifs is 1. The zero-order chi connectivity index (χ0) is 9.26. The molecular formula is C11H9NO. The number of nitrogens with zero attached hydrogens (tertiary/aromatic N) is 1. The number of aryl methyl sites for hydroxylation is 1. The first-order chi connectivity index (χ1) is 6.33. The Morgan fingerprint density at radius 1 is 1.31 bits per heavy atom. The molecular weight excluding hydrogens is 162 g/mol. The van der Waals surface area contributed by atoms with E-state index in [0.717, 1.165) is 22.6 Å². The van der Waals surface area contributed by atoms with Crippen LogP contribution in [0.15, 0.2) is 30.6 Å². The van der Waals surface area contributed by atoms with Gasteiger partial charge >= 0.3 is 0 Å². The van der Waals surface area contributed by atoms with Crippen molar-refractivity contribution in [2.45, 2.75) is 6.92 Å². The second-order valence-electron chi connectivity index (χ2n) is 3.02. The van der Waals surface area contributed by atoms with Crippen LogP contribution in [0.3, 0.4) is 0 Å². The Balaban J connectivity index is 2.94. The van der Waals surface area contributed by atoms with E-state index in [-0.39, 0.29) is 0 Å². The van der Waals surface area contributed by atoms with Crippen molar-refractivity contribution >= 4 is 17.1 Å². The number of benzene rings is 1. The van der Waals surface area contributed by atoms with Crippen LogP contribution in [0.1, 0.15) is 15.9 Å². The summed E-state index contributed by atoms with van der Waals surface area (Å²) in [4.78, 5) is 14.7. The third kappa shape index (κ3) is 1.20. The van der Waals surface area contributed by atoms with Gasteiger partial charge in [0, 0.05) is 23.3 Å². The molecule has 2 aromatic rings. The van der Waals surface area contributed by atoms with E-state index in [1.54, 1.807) is 12.4 Å². The summed E-state index contributed by atoms with van der Waals surface area (Å²) in [7, 11) is 0. The van der Waals surface area contributed by atoms with Gasteiger partial charge in [-0.15, -0.1) is 0 Å². The average molecular weight is 171 g/mol. The molecule has 0 spiro atoms. The Kier molecular flexibility index (Phi) is 1.81. The van der Waals surface area contributed by atoms with Crippen molar-refractivity contribution in [2.24, 2.45) is 0 Å². The van der Waals surface area contributed by atoms with E-state index < -0.39 is 0 Å². The van der Waals surface area contributed by atoms with Crippen molar-refractivity contribution in [3.8, 4) is 0 Å². The van der Waals surface area contributed by atoms with Gasteiger partial charge in [-0.25, -0.2) is 0 Å². The molecule has 2 heteroatoms. The molecule has 0 N–H and O–H groups in total. The smallest absolute Gasteiger partial charge is 0.152 e. The van der Waals surface area contributed by atoms with Crippen molar-refractivity contribution in [1.29, 1.82) is 0 Å². The zero-order valence-electron chi connectivity index (χ0n) is 7.32. The monoisotopic (exact) mass is 171 g/mol. The SMILES string of the molecule is Cc1cccc2cncc(C=O)c12. The highest BCUT2D eigenvalue weighted by atomic mass is 16.1. The number of carbonyl (C=O) groups excluding carboxylic acids is 1. The lowest BCUT2D eigenvalue weighted by Crippen LogP contribution is -1.88. The molecule has 0 saturated heterocycles. The number of aldehydes is 1. The van der Waals surface area contributed by atoms with E-state index >= 15 is 0 Å². The van der Waals surface area contributed by atoms with Gasteiger partial charge in [-0.3, -0.25) is 9.78 Å². The molecule has 13 heavy (non-hydrogen) atoms. The number of hydrogen-bond acceptors (Lipinski definition) is 2. The molecule has 0 atom stereocenters. The normalized spacial score (nSPS) is 10.2. The molecule has 0 aliphatic heterocycles. The number of rotatable bonds is 1. The standard InChI is InChI=1S/C11H9NO/c1-8-3-2-4-9-5-12-6-10(7-13)11(8)9/h2-7H,1H3. The van der Waals surface area contributed by atoms with E-state index in [9.17, 15) is 4.79 Å². The summed E-state index contributed by atoms with van der Waals surface area (Å²) in [5.74, 6) is 0. The molecule has 64 valence electrons. The van der Waals surface area contributed by atoms with E-state index in [0.29, 0.717) is 5.56 Å². The van der Waals surface area contributed by atoms with Crippen LogP contribution in [-0.2, 0) is 0 Å². The molecule has 1 aromatic heterocycles. The molecule has 0 bridgehead atoms. The fourth-order valence-corrected chi connectivity index (χ4v) is 1.54. The lowest BCUT2D eigenvalue weighted by Gasteiger charge is -2.02. The van der Waals surface area contributed by atoms with Crippen molar-refractivity contribution in [3.05, 3.63) is 41.7 Å². The van der Waals surface area contributed by atoms with E-state index in [1.807, 2.05) is 25.1 Å². The second-order valence-corrected chi connectivity index (χ2v) is 3.02. The van der Waals surface area contributed by atoms with Gasteiger partial charge in [0.1, 0.15) is 0 Å². The number of hydrogen-bond donors (Lipinski definition) is 0. The summed E-state index contributed by atoms with van der Waals surface area (Å²) in [6, 6.07) is 5.92. The van der Waals surface area contributed by atoms with Crippen LogP contribution in [0.5, 0.6) is 0 Å². The van der Waals surface area contributed by atoms with Gasteiger partial charge in [-0.1, -0.05) is 18.2 Å². The molecule has 0 aliphatic rings. The molecule has 0 aliphatic carbocycles. The Hall–Kier alpha value is -1.70. The maximum absolute atomic E-state index is 10.7. The Morgan fingerprint density at radius 3 is 2.92 bits per heavy atom.